The van der Waals surface area contributed by atoms with Gasteiger partial charge in [-0.25, -0.2) is 8.42 Å². The molecule has 23 heavy (non-hydrogen) atoms. The van der Waals surface area contributed by atoms with Crippen molar-refractivity contribution in [3.05, 3.63) is 35.9 Å². The maximum absolute atomic E-state index is 13.0. The van der Waals surface area contributed by atoms with E-state index in [1.807, 2.05) is 30.3 Å². The Bertz CT molecular complexity index is 649. The standard InChI is InChI=1S/C17H23NO4S/c19-23(20,16-11-15(16)14-5-2-1-3-6-14)18-8-10-22-17(12-18)7-4-9-21-13-17/h1-3,5-6,15-16H,4,7-13H2/t15-,16+,17?/m0/s1. The molecule has 1 aromatic rings. The van der Waals surface area contributed by atoms with Gasteiger partial charge in [-0.15, -0.1) is 0 Å². The molecule has 0 amide bonds. The lowest BCUT2D eigenvalue weighted by Crippen LogP contribution is -2.57. The van der Waals surface area contributed by atoms with Crippen molar-refractivity contribution in [3.63, 3.8) is 0 Å². The van der Waals surface area contributed by atoms with E-state index in [1.54, 1.807) is 4.31 Å². The van der Waals surface area contributed by atoms with Crippen molar-refractivity contribution in [2.24, 2.45) is 0 Å². The summed E-state index contributed by atoms with van der Waals surface area (Å²) in [4.78, 5) is 0. The molecule has 0 N–H and O–H groups in total. The predicted octanol–water partition coefficient (Wildman–Crippen LogP) is 1.75. The van der Waals surface area contributed by atoms with Gasteiger partial charge in [0.2, 0.25) is 10.0 Å². The summed E-state index contributed by atoms with van der Waals surface area (Å²) in [6.07, 6.45) is 2.54. The van der Waals surface area contributed by atoms with Gasteiger partial charge in [-0.1, -0.05) is 30.3 Å². The topological polar surface area (TPSA) is 55.8 Å². The van der Waals surface area contributed by atoms with Crippen LogP contribution in [0.4, 0.5) is 0 Å². The van der Waals surface area contributed by atoms with Gasteiger partial charge in [0.05, 0.1) is 18.5 Å². The van der Waals surface area contributed by atoms with Crippen LogP contribution in [0.25, 0.3) is 0 Å². The number of morpholine rings is 1. The first-order chi connectivity index (χ1) is 11.1. The zero-order valence-electron chi connectivity index (χ0n) is 13.2. The molecule has 1 aliphatic carbocycles. The molecule has 1 spiro atoms. The molecule has 2 saturated heterocycles. The molecule has 0 aromatic heterocycles. The first-order valence-electron chi connectivity index (χ1n) is 8.36. The normalized spacial score (nSPS) is 35.3. The summed E-state index contributed by atoms with van der Waals surface area (Å²) in [6, 6.07) is 9.96. The highest BCUT2D eigenvalue weighted by Gasteiger charge is 2.52. The Hall–Kier alpha value is -0.950. The number of rotatable bonds is 3. The van der Waals surface area contributed by atoms with Crippen molar-refractivity contribution in [2.45, 2.75) is 36.0 Å². The van der Waals surface area contributed by atoms with Gasteiger partial charge in [-0.05, 0) is 24.8 Å². The van der Waals surface area contributed by atoms with E-state index in [0.717, 1.165) is 31.4 Å². The van der Waals surface area contributed by atoms with E-state index in [1.165, 1.54) is 0 Å². The largest absolute Gasteiger partial charge is 0.378 e. The Morgan fingerprint density at radius 1 is 1.17 bits per heavy atom. The molecular formula is C17H23NO4S. The van der Waals surface area contributed by atoms with Gasteiger partial charge < -0.3 is 9.47 Å². The molecule has 3 fully saturated rings. The minimum atomic E-state index is -3.26. The molecule has 5 nitrogen and oxygen atoms in total. The fraction of sp³-hybridized carbons (Fsp3) is 0.647. The summed E-state index contributed by atoms with van der Waals surface area (Å²) in [5.41, 5.74) is 0.700. The van der Waals surface area contributed by atoms with Crippen molar-refractivity contribution in [3.8, 4) is 0 Å². The minimum Gasteiger partial charge on any atom is -0.378 e. The van der Waals surface area contributed by atoms with E-state index in [-0.39, 0.29) is 11.2 Å². The third-order valence-electron chi connectivity index (χ3n) is 5.20. The average molecular weight is 337 g/mol. The number of hydrogen-bond donors (Lipinski definition) is 0. The maximum atomic E-state index is 13.0. The molecule has 2 heterocycles. The zero-order valence-corrected chi connectivity index (χ0v) is 14.0. The van der Waals surface area contributed by atoms with Gasteiger partial charge in [0, 0.05) is 25.6 Å². The summed E-state index contributed by atoms with van der Waals surface area (Å²) in [5, 5.41) is -0.274. The maximum Gasteiger partial charge on any atom is 0.217 e. The van der Waals surface area contributed by atoms with Crippen LogP contribution in [-0.2, 0) is 19.5 Å². The van der Waals surface area contributed by atoms with Crippen molar-refractivity contribution in [1.29, 1.82) is 0 Å². The SMILES string of the molecule is O=S(=O)([C@@H]1C[C@H]1c1ccccc1)N1CCOC2(CCCOC2)C1. The molecule has 1 saturated carbocycles. The monoisotopic (exact) mass is 337 g/mol. The van der Waals surface area contributed by atoms with Gasteiger partial charge in [0.25, 0.3) is 0 Å². The third kappa shape index (κ3) is 2.93. The van der Waals surface area contributed by atoms with Gasteiger partial charge >= 0.3 is 0 Å². The summed E-state index contributed by atoms with van der Waals surface area (Å²) >= 11 is 0. The molecule has 1 unspecified atom stereocenters. The first kappa shape index (κ1) is 15.6. The second kappa shape index (κ2) is 5.84. The number of nitrogens with zero attached hydrogens (tertiary/aromatic N) is 1. The molecule has 1 aromatic carbocycles. The van der Waals surface area contributed by atoms with E-state index in [2.05, 4.69) is 0 Å². The lowest BCUT2D eigenvalue weighted by molar-refractivity contribution is -0.155. The summed E-state index contributed by atoms with van der Waals surface area (Å²) in [7, 11) is -3.26. The lowest BCUT2D eigenvalue weighted by atomic mass is 9.95. The van der Waals surface area contributed by atoms with Crippen LogP contribution in [0.3, 0.4) is 0 Å². The summed E-state index contributed by atoms with van der Waals surface area (Å²) in [5.74, 6) is 0.141. The van der Waals surface area contributed by atoms with Gasteiger partial charge in [0.15, 0.2) is 0 Å². The van der Waals surface area contributed by atoms with Crippen LogP contribution in [-0.4, -0.2) is 56.5 Å². The van der Waals surface area contributed by atoms with Crippen LogP contribution < -0.4 is 0 Å². The lowest BCUT2D eigenvalue weighted by Gasteiger charge is -2.44. The zero-order chi connectivity index (χ0) is 15.9. The second-order valence-corrected chi connectivity index (χ2v) is 9.01. The van der Waals surface area contributed by atoms with Crippen LogP contribution in [0.15, 0.2) is 30.3 Å². The van der Waals surface area contributed by atoms with Gasteiger partial charge in [-0.3, -0.25) is 0 Å². The highest BCUT2D eigenvalue weighted by atomic mass is 32.2. The Labute approximate surface area is 137 Å². The first-order valence-corrected chi connectivity index (χ1v) is 9.87. The van der Waals surface area contributed by atoms with Crippen LogP contribution >= 0.6 is 0 Å². The second-order valence-electron chi connectivity index (χ2n) is 6.86. The van der Waals surface area contributed by atoms with Gasteiger partial charge in [-0.2, -0.15) is 4.31 Å². The predicted molar refractivity (Wildman–Crippen MR) is 86.8 cm³/mol. The number of benzene rings is 1. The number of hydrogen-bond acceptors (Lipinski definition) is 4. The van der Waals surface area contributed by atoms with Crippen molar-refractivity contribution < 1.29 is 17.9 Å². The Morgan fingerprint density at radius 2 is 2.00 bits per heavy atom. The van der Waals surface area contributed by atoms with E-state index in [9.17, 15) is 8.42 Å². The Balaban J connectivity index is 1.49. The van der Waals surface area contributed by atoms with Crippen LogP contribution in [0.2, 0.25) is 0 Å². The molecule has 4 rings (SSSR count). The quantitative estimate of drug-likeness (QED) is 0.843. The molecule has 3 atom stereocenters. The van der Waals surface area contributed by atoms with Crippen molar-refractivity contribution in [2.75, 3.05) is 32.9 Å². The average Bonchev–Trinajstić information content (AvgIpc) is 3.38. The Morgan fingerprint density at radius 3 is 2.74 bits per heavy atom. The molecule has 0 bridgehead atoms. The summed E-state index contributed by atoms with van der Waals surface area (Å²) < 4.78 is 39.1. The molecule has 2 aliphatic heterocycles. The Kier molecular flexibility index (Phi) is 3.96. The molecule has 6 heteroatoms. The fourth-order valence-corrected chi connectivity index (χ4v) is 5.99. The van der Waals surface area contributed by atoms with Crippen molar-refractivity contribution >= 4 is 10.0 Å². The third-order valence-corrected chi connectivity index (χ3v) is 7.52. The van der Waals surface area contributed by atoms with E-state index < -0.39 is 15.6 Å². The number of ether oxygens (including phenoxy) is 2. The van der Waals surface area contributed by atoms with E-state index in [4.69, 9.17) is 9.47 Å². The highest BCUT2D eigenvalue weighted by Crippen LogP contribution is 2.47. The van der Waals surface area contributed by atoms with Gasteiger partial charge in [0.1, 0.15) is 5.60 Å². The fourth-order valence-electron chi connectivity index (χ4n) is 3.84. The smallest absolute Gasteiger partial charge is 0.217 e. The van der Waals surface area contributed by atoms with E-state index >= 15 is 0 Å². The van der Waals surface area contributed by atoms with Crippen LogP contribution in [0.5, 0.6) is 0 Å². The van der Waals surface area contributed by atoms with Crippen LogP contribution in [0, 0.1) is 0 Å². The summed E-state index contributed by atoms with van der Waals surface area (Å²) in [6.45, 7) is 2.61. The minimum absolute atomic E-state index is 0.141. The molecule has 126 valence electrons. The van der Waals surface area contributed by atoms with Crippen LogP contribution in [0.1, 0.15) is 30.7 Å². The van der Waals surface area contributed by atoms with Crippen molar-refractivity contribution in [1.82, 2.24) is 4.31 Å². The highest BCUT2D eigenvalue weighted by molar-refractivity contribution is 7.90. The van der Waals surface area contributed by atoms with E-state index in [0.29, 0.717) is 26.3 Å². The number of sulfonamides is 1. The molecule has 3 aliphatic rings. The molecular weight excluding hydrogens is 314 g/mol. The molecule has 0 radical (unpaired) electrons.